The molecule has 1 rings (SSSR count). The number of nitrogens with two attached hydrogens (primary N) is 1. The first-order valence-electron chi connectivity index (χ1n) is 11.9. The minimum atomic E-state index is -1.39. The Bertz CT molecular complexity index is 975. The van der Waals surface area contributed by atoms with Gasteiger partial charge in [-0.15, -0.1) is 0 Å². The molecule has 3 N–H and O–H groups in total. The van der Waals surface area contributed by atoms with Gasteiger partial charge in [-0.1, -0.05) is 26.8 Å². The third kappa shape index (κ3) is 11.1. The van der Waals surface area contributed by atoms with Gasteiger partial charge in [0.15, 0.2) is 11.5 Å². The summed E-state index contributed by atoms with van der Waals surface area (Å²) < 4.78 is 26.2. The average Bonchev–Trinajstić information content (AvgIpc) is 2.70. The van der Waals surface area contributed by atoms with Gasteiger partial charge in [0.2, 0.25) is 0 Å². The third-order valence-corrected chi connectivity index (χ3v) is 4.76. The molecule has 208 valence electrons. The second-order valence-corrected chi connectivity index (χ2v) is 11.0. The fourth-order valence-electron chi connectivity index (χ4n) is 3.14. The number of hydrogen-bond acceptors (Lipinski definition) is 10. The molecule has 0 fully saturated rings. The molecule has 0 heterocycles. The molecular formula is C26H39NO10. The van der Waals surface area contributed by atoms with E-state index in [1.807, 2.05) is 0 Å². The van der Waals surface area contributed by atoms with E-state index in [9.17, 15) is 24.3 Å². The van der Waals surface area contributed by atoms with Crippen LogP contribution in [-0.4, -0.2) is 53.2 Å². The highest BCUT2D eigenvalue weighted by atomic mass is 16.8. The Morgan fingerprint density at radius 3 is 1.78 bits per heavy atom. The summed E-state index contributed by atoms with van der Waals surface area (Å²) >= 11 is 0. The SMILES string of the molecule is CC(C)C(=O)OCC(C)C(c1ccc(OC(=O)OC(C)(C)C)c(OC(=O)OC(C)(C)C)c1)[C@H](N)C(=O)O. The lowest BCUT2D eigenvalue weighted by atomic mass is 9.82. The second kappa shape index (κ2) is 12.8. The minimum absolute atomic E-state index is 0.0962. The molecule has 0 aliphatic heterocycles. The molecule has 11 heteroatoms. The number of rotatable bonds is 9. The van der Waals surface area contributed by atoms with Crippen LogP contribution in [0.3, 0.4) is 0 Å². The van der Waals surface area contributed by atoms with Crippen molar-refractivity contribution in [2.24, 2.45) is 17.6 Å². The van der Waals surface area contributed by atoms with Gasteiger partial charge in [-0.2, -0.15) is 0 Å². The zero-order chi connectivity index (χ0) is 28.7. The highest BCUT2D eigenvalue weighted by Crippen LogP contribution is 2.36. The van der Waals surface area contributed by atoms with E-state index in [0.717, 1.165) is 0 Å². The fraction of sp³-hybridized carbons (Fsp3) is 0.615. The van der Waals surface area contributed by atoms with Crippen molar-refractivity contribution in [1.82, 2.24) is 0 Å². The van der Waals surface area contributed by atoms with Crippen LogP contribution in [0.15, 0.2) is 18.2 Å². The summed E-state index contributed by atoms with van der Waals surface area (Å²) in [6, 6.07) is 2.75. The summed E-state index contributed by atoms with van der Waals surface area (Å²) in [6.07, 6.45) is -2.11. The van der Waals surface area contributed by atoms with Gasteiger partial charge in [0.05, 0.1) is 12.5 Å². The average molecular weight is 526 g/mol. The zero-order valence-corrected chi connectivity index (χ0v) is 22.9. The monoisotopic (exact) mass is 525 g/mol. The number of esters is 1. The van der Waals surface area contributed by atoms with E-state index in [4.69, 9.17) is 29.4 Å². The highest BCUT2D eigenvalue weighted by molar-refractivity contribution is 5.75. The van der Waals surface area contributed by atoms with E-state index in [1.165, 1.54) is 18.2 Å². The smallest absolute Gasteiger partial charge is 0.480 e. The van der Waals surface area contributed by atoms with E-state index < -0.39 is 53.3 Å². The Morgan fingerprint density at radius 1 is 0.865 bits per heavy atom. The molecule has 0 bridgehead atoms. The molecule has 0 amide bonds. The van der Waals surface area contributed by atoms with Gasteiger partial charge in [0, 0.05) is 5.92 Å². The Labute approximate surface area is 217 Å². The molecule has 0 aromatic heterocycles. The molecular weight excluding hydrogens is 486 g/mol. The van der Waals surface area contributed by atoms with Crippen molar-refractivity contribution in [1.29, 1.82) is 0 Å². The van der Waals surface area contributed by atoms with Crippen LogP contribution in [0.5, 0.6) is 11.5 Å². The lowest BCUT2D eigenvalue weighted by Crippen LogP contribution is -2.40. The van der Waals surface area contributed by atoms with Crippen molar-refractivity contribution >= 4 is 24.2 Å². The van der Waals surface area contributed by atoms with Gasteiger partial charge in [-0.05, 0) is 65.2 Å². The van der Waals surface area contributed by atoms with Crippen molar-refractivity contribution in [3.05, 3.63) is 23.8 Å². The maximum absolute atomic E-state index is 12.4. The van der Waals surface area contributed by atoms with Crippen LogP contribution in [0, 0.1) is 11.8 Å². The molecule has 3 atom stereocenters. The van der Waals surface area contributed by atoms with Crippen LogP contribution in [0.1, 0.15) is 73.8 Å². The first kappa shape index (κ1) is 31.7. The molecule has 0 aliphatic carbocycles. The molecule has 1 aromatic rings. The number of carboxylic acids is 1. The van der Waals surface area contributed by atoms with Crippen LogP contribution in [0.4, 0.5) is 9.59 Å². The number of benzene rings is 1. The van der Waals surface area contributed by atoms with E-state index in [0.29, 0.717) is 5.56 Å². The maximum atomic E-state index is 12.4. The van der Waals surface area contributed by atoms with Gasteiger partial charge in [-0.25, -0.2) is 9.59 Å². The van der Waals surface area contributed by atoms with Crippen LogP contribution in [-0.2, 0) is 23.8 Å². The lowest BCUT2D eigenvalue weighted by molar-refractivity contribution is -0.149. The van der Waals surface area contributed by atoms with Gasteiger partial charge in [-0.3, -0.25) is 9.59 Å². The Morgan fingerprint density at radius 2 is 1.35 bits per heavy atom. The van der Waals surface area contributed by atoms with E-state index in [1.54, 1.807) is 62.3 Å². The van der Waals surface area contributed by atoms with Gasteiger partial charge in [0.25, 0.3) is 0 Å². The van der Waals surface area contributed by atoms with Crippen LogP contribution < -0.4 is 15.2 Å². The van der Waals surface area contributed by atoms with Crippen molar-refractivity contribution in [2.75, 3.05) is 6.61 Å². The zero-order valence-electron chi connectivity index (χ0n) is 22.9. The largest absolute Gasteiger partial charge is 0.514 e. The molecule has 37 heavy (non-hydrogen) atoms. The predicted octanol–water partition coefficient (Wildman–Crippen LogP) is 4.65. The molecule has 2 unspecified atom stereocenters. The Hall–Kier alpha value is -3.34. The molecule has 0 aliphatic rings. The number of hydrogen-bond donors (Lipinski definition) is 2. The highest BCUT2D eigenvalue weighted by Gasteiger charge is 2.33. The summed E-state index contributed by atoms with van der Waals surface area (Å²) in [5, 5.41) is 9.63. The molecule has 11 nitrogen and oxygen atoms in total. The van der Waals surface area contributed by atoms with Crippen LogP contribution >= 0.6 is 0 Å². The third-order valence-electron chi connectivity index (χ3n) is 4.76. The van der Waals surface area contributed by atoms with Crippen LogP contribution in [0.25, 0.3) is 0 Å². The normalized spacial score (nSPS) is 14.2. The number of carbonyl (C=O) groups excluding carboxylic acids is 3. The first-order valence-corrected chi connectivity index (χ1v) is 11.9. The minimum Gasteiger partial charge on any atom is -0.480 e. The first-order chi connectivity index (χ1) is 16.8. The molecule has 0 spiro atoms. The van der Waals surface area contributed by atoms with Crippen molar-refractivity contribution in [2.45, 2.75) is 85.5 Å². The summed E-state index contributed by atoms with van der Waals surface area (Å²) in [5.74, 6) is -3.87. The van der Waals surface area contributed by atoms with E-state index in [-0.39, 0.29) is 24.0 Å². The topological polar surface area (TPSA) is 161 Å². The molecule has 0 saturated carbocycles. The van der Waals surface area contributed by atoms with Crippen molar-refractivity contribution in [3.63, 3.8) is 0 Å². The molecule has 0 radical (unpaired) electrons. The Kier molecular flexibility index (Phi) is 10.9. The second-order valence-electron chi connectivity index (χ2n) is 11.0. The van der Waals surface area contributed by atoms with Gasteiger partial charge in [0.1, 0.15) is 17.2 Å². The van der Waals surface area contributed by atoms with Gasteiger partial charge < -0.3 is 34.5 Å². The van der Waals surface area contributed by atoms with E-state index in [2.05, 4.69) is 0 Å². The predicted molar refractivity (Wildman–Crippen MR) is 133 cm³/mol. The summed E-state index contributed by atoms with van der Waals surface area (Å²) in [7, 11) is 0. The number of carbonyl (C=O) groups is 4. The quantitative estimate of drug-likeness (QED) is 0.262. The number of carboxylic acid groups (broad SMARTS) is 1. The fourth-order valence-corrected chi connectivity index (χ4v) is 3.14. The summed E-state index contributed by atoms with van der Waals surface area (Å²) in [4.78, 5) is 48.4. The van der Waals surface area contributed by atoms with E-state index >= 15 is 0 Å². The maximum Gasteiger partial charge on any atom is 0.514 e. The number of aliphatic carboxylic acids is 1. The summed E-state index contributed by atoms with van der Waals surface area (Å²) in [6.45, 7) is 14.8. The summed E-state index contributed by atoms with van der Waals surface area (Å²) in [5.41, 5.74) is 4.64. The molecule has 1 aromatic carbocycles. The van der Waals surface area contributed by atoms with Crippen molar-refractivity contribution in [3.8, 4) is 11.5 Å². The van der Waals surface area contributed by atoms with Crippen LogP contribution in [0.2, 0.25) is 0 Å². The number of ether oxygens (including phenoxy) is 5. The van der Waals surface area contributed by atoms with Gasteiger partial charge >= 0.3 is 24.2 Å². The molecule has 0 saturated heterocycles. The Balaban J connectivity index is 3.44. The lowest BCUT2D eigenvalue weighted by Gasteiger charge is -2.28. The van der Waals surface area contributed by atoms with Crippen molar-refractivity contribution < 1.29 is 48.0 Å². The standard InChI is InChI=1S/C26H39NO10/c1-14(2)22(30)33-13-15(3)19(20(27)21(28)29)16-10-11-17(34-23(31)36-25(4,5)6)18(12-16)35-24(32)37-26(7,8)9/h10-12,14-15,19-20H,13,27H2,1-9H3,(H,28,29)/t15?,19?,20-/m0/s1.